The molecule has 0 amide bonds. The number of nitrogens with zero attached hydrogens (tertiary/aromatic N) is 1. The van der Waals surface area contributed by atoms with Crippen LogP contribution in [-0.2, 0) is 6.42 Å². The fourth-order valence-electron chi connectivity index (χ4n) is 2.70. The van der Waals surface area contributed by atoms with Crippen LogP contribution >= 0.6 is 11.3 Å². The summed E-state index contributed by atoms with van der Waals surface area (Å²) in [6.45, 7) is 3.35. The smallest absolute Gasteiger partial charge is 0.0948 e. The second-order valence-corrected chi connectivity index (χ2v) is 6.97. The van der Waals surface area contributed by atoms with Gasteiger partial charge in [-0.3, -0.25) is 0 Å². The van der Waals surface area contributed by atoms with Crippen LogP contribution in [0.3, 0.4) is 0 Å². The lowest BCUT2D eigenvalue weighted by atomic mass is 10.1. The molecular weight excluding hydrogens is 276 g/mol. The van der Waals surface area contributed by atoms with Crippen molar-refractivity contribution in [2.75, 3.05) is 6.54 Å². The topological polar surface area (TPSA) is 24.9 Å². The van der Waals surface area contributed by atoms with Gasteiger partial charge >= 0.3 is 0 Å². The third-order valence-corrected chi connectivity index (χ3v) is 4.91. The van der Waals surface area contributed by atoms with E-state index in [0.29, 0.717) is 6.04 Å². The maximum Gasteiger partial charge on any atom is 0.0948 e. The summed E-state index contributed by atoms with van der Waals surface area (Å²) in [5.41, 5.74) is 2.34. The van der Waals surface area contributed by atoms with Crippen LogP contribution in [0.5, 0.6) is 0 Å². The highest BCUT2D eigenvalue weighted by Gasteiger charge is 2.25. The van der Waals surface area contributed by atoms with Crippen molar-refractivity contribution in [3.63, 3.8) is 0 Å². The van der Waals surface area contributed by atoms with Gasteiger partial charge in [-0.05, 0) is 25.3 Å². The molecule has 0 spiro atoms. The molecule has 1 aromatic heterocycles. The zero-order valence-electron chi connectivity index (χ0n) is 12.7. The van der Waals surface area contributed by atoms with Crippen LogP contribution in [0.2, 0.25) is 0 Å². The van der Waals surface area contributed by atoms with Gasteiger partial charge in [0, 0.05) is 23.4 Å². The highest BCUT2D eigenvalue weighted by Crippen LogP contribution is 2.34. The third kappa shape index (κ3) is 4.39. The molecule has 1 aliphatic rings. The van der Waals surface area contributed by atoms with Crippen LogP contribution in [0.15, 0.2) is 35.7 Å². The molecule has 0 radical (unpaired) electrons. The Labute approximate surface area is 131 Å². The Bertz CT molecular complexity index is 545. The number of hydrogen-bond acceptors (Lipinski definition) is 3. The first-order chi connectivity index (χ1) is 10.3. The average Bonchev–Trinajstić information content (AvgIpc) is 3.21. The van der Waals surface area contributed by atoms with Crippen LogP contribution in [-0.4, -0.2) is 17.6 Å². The Morgan fingerprint density at radius 3 is 2.81 bits per heavy atom. The van der Waals surface area contributed by atoms with E-state index in [1.54, 1.807) is 11.3 Å². The van der Waals surface area contributed by atoms with Gasteiger partial charge in [-0.2, -0.15) is 0 Å². The first kappa shape index (κ1) is 14.7. The Balaban J connectivity index is 1.63. The molecule has 1 N–H and O–H groups in total. The minimum atomic E-state index is 0.604. The summed E-state index contributed by atoms with van der Waals surface area (Å²) in [4.78, 5) is 4.83. The van der Waals surface area contributed by atoms with Gasteiger partial charge in [-0.1, -0.05) is 50.1 Å². The van der Waals surface area contributed by atoms with Crippen LogP contribution in [0.25, 0.3) is 11.3 Å². The molecule has 3 heteroatoms. The summed E-state index contributed by atoms with van der Waals surface area (Å²) in [6, 6.07) is 11.1. The fraction of sp³-hybridized carbons (Fsp3) is 0.500. The predicted octanol–water partition coefficient (Wildman–Crippen LogP) is 4.52. The number of thiazole rings is 1. The van der Waals surface area contributed by atoms with Crippen molar-refractivity contribution < 1.29 is 0 Å². The van der Waals surface area contributed by atoms with Gasteiger partial charge in [0.1, 0.15) is 0 Å². The largest absolute Gasteiger partial charge is 0.314 e. The lowest BCUT2D eigenvalue weighted by Gasteiger charge is -2.16. The van der Waals surface area contributed by atoms with Crippen LogP contribution in [0.4, 0.5) is 0 Å². The monoisotopic (exact) mass is 300 g/mol. The standard InChI is InChI=1S/C18H24N2S/c1-2-10-19-16(11-14-8-9-14)12-18-20-17(13-21-18)15-6-4-3-5-7-15/h3-7,13-14,16,19H,2,8-12H2,1H3. The molecule has 1 atom stereocenters. The minimum absolute atomic E-state index is 0.604. The number of benzene rings is 1. The maximum absolute atomic E-state index is 4.83. The van der Waals surface area contributed by atoms with Crippen molar-refractivity contribution in [2.24, 2.45) is 5.92 Å². The van der Waals surface area contributed by atoms with E-state index in [4.69, 9.17) is 4.98 Å². The number of aromatic nitrogens is 1. The van der Waals surface area contributed by atoms with Crippen molar-refractivity contribution in [1.82, 2.24) is 10.3 Å². The van der Waals surface area contributed by atoms with E-state index in [1.807, 2.05) is 0 Å². The first-order valence-corrected chi connectivity index (χ1v) is 8.96. The number of nitrogens with one attached hydrogen (secondary N) is 1. The Hall–Kier alpha value is -1.19. The highest BCUT2D eigenvalue weighted by molar-refractivity contribution is 7.09. The zero-order valence-corrected chi connectivity index (χ0v) is 13.5. The Morgan fingerprint density at radius 2 is 2.10 bits per heavy atom. The molecule has 2 aromatic rings. The molecule has 0 aliphatic heterocycles. The van der Waals surface area contributed by atoms with Crippen molar-refractivity contribution in [2.45, 2.75) is 45.1 Å². The quantitative estimate of drug-likeness (QED) is 0.775. The summed E-state index contributed by atoms with van der Waals surface area (Å²) < 4.78 is 0. The second-order valence-electron chi connectivity index (χ2n) is 6.03. The molecule has 0 saturated heterocycles. The second kappa shape index (κ2) is 7.19. The molecule has 1 aromatic carbocycles. The van der Waals surface area contributed by atoms with Gasteiger partial charge in [-0.15, -0.1) is 11.3 Å². The summed E-state index contributed by atoms with van der Waals surface area (Å²) in [7, 11) is 0. The lowest BCUT2D eigenvalue weighted by molar-refractivity contribution is 0.454. The molecule has 1 saturated carbocycles. The van der Waals surface area contributed by atoms with Crippen molar-refractivity contribution in [3.05, 3.63) is 40.7 Å². The zero-order chi connectivity index (χ0) is 14.5. The van der Waals surface area contributed by atoms with Gasteiger partial charge in [0.15, 0.2) is 0 Å². The fourth-order valence-corrected chi connectivity index (χ4v) is 3.59. The van der Waals surface area contributed by atoms with Gasteiger partial charge in [0.25, 0.3) is 0 Å². The summed E-state index contributed by atoms with van der Waals surface area (Å²) in [5.74, 6) is 0.966. The van der Waals surface area contributed by atoms with Gasteiger partial charge in [-0.25, -0.2) is 4.98 Å². The Kier molecular flexibility index (Phi) is 5.04. The molecule has 2 nitrogen and oxygen atoms in total. The number of rotatable bonds is 8. The van der Waals surface area contributed by atoms with Crippen LogP contribution in [0, 0.1) is 5.92 Å². The van der Waals surface area contributed by atoms with E-state index in [9.17, 15) is 0 Å². The molecular formula is C18H24N2S. The van der Waals surface area contributed by atoms with Gasteiger partial charge in [0.05, 0.1) is 10.7 Å². The molecule has 21 heavy (non-hydrogen) atoms. The maximum atomic E-state index is 4.83. The predicted molar refractivity (Wildman–Crippen MR) is 90.7 cm³/mol. The number of hydrogen-bond donors (Lipinski definition) is 1. The minimum Gasteiger partial charge on any atom is -0.314 e. The summed E-state index contributed by atoms with van der Waals surface area (Å²) in [6.07, 6.45) is 6.46. The van der Waals surface area contributed by atoms with Crippen molar-refractivity contribution >= 4 is 11.3 Å². The average molecular weight is 300 g/mol. The SMILES string of the molecule is CCCNC(Cc1nc(-c2ccccc2)cs1)CC1CC1. The molecule has 3 rings (SSSR count). The molecule has 1 fully saturated rings. The van der Waals surface area contributed by atoms with E-state index < -0.39 is 0 Å². The van der Waals surface area contributed by atoms with Crippen molar-refractivity contribution in [3.8, 4) is 11.3 Å². The molecule has 0 bridgehead atoms. The highest BCUT2D eigenvalue weighted by atomic mass is 32.1. The van der Waals surface area contributed by atoms with E-state index in [0.717, 1.165) is 24.6 Å². The van der Waals surface area contributed by atoms with Crippen LogP contribution in [0.1, 0.15) is 37.6 Å². The lowest BCUT2D eigenvalue weighted by Crippen LogP contribution is -2.32. The van der Waals surface area contributed by atoms with Crippen molar-refractivity contribution in [1.29, 1.82) is 0 Å². The third-order valence-electron chi connectivity index (χ3n) is 4.04. The molecule has 112 valence electrons. The van der Waals surface area contributed by atoms with E-state index in [2.05, 4.69) is 48.0 Å². The van der Waals surface area contributed by atoms with E-state index in [1.165, 1.54) is 36.3 Å². The van der Waals surface area contributed by atoms with E-state index in [-0.39, 0.29) is 0 Å². The summed E-state index contributed by atoms with van der Waals surface area (Å²) >= 11 is 1.80. The first-order valence-electron chi connectivity index (χ1n) is 8.08. The molecule has 1 aliphatic carbocycles. The van der Waals surface area contributed by atoms with Crippen LogP contribution < -0.4 is 5.32 Å². The normalized spacial score (nSPS) is 16.0. The Morgan fingerprint density at radius 1 is 1.29 bits per heavy atom. The van der Waals surface area contributed by atoms with Gasteiger partial charge < -0.3 is 5.32 Å². The molecule has 1 heterocycles. The van der Waals surface area contributed by atoms with Gasteiger partial charge in [0.2, 0.25) is 0 Å². The van der Waals surface area contributed by atoms with E-state index >= 15 is 0 Å². The summed E-state index contributed by atoms with van der Waals surface area (Å²) in [5, 5.41) is 7.16. The molecule has 1 unspecified atom stereocenters.